The third-order valence-electron chi connectivity index (χ3n) is 2.48. The second kappa shape index (κ2) is 5.15. The molecule has 2 rings (SSSR count). The minimum atomic E-state index is -0.350. The maximum absolute atomic E-state index is 11.7. The van der Waals surface area contributed by atoms with Gasteiger partial charge in [0.2, 0.25) is 0 Å². The third kappa shape index (κ3) is 2.74. The van der Waals surface area contributed by atoms with E-state index in [4.69, 9.17) is 5.26 Å². The van der Waals surface area contributed by atoms with Crippen molar-refractivity contribution in [1.29, 1.82) is 5.26 Å². The standard InChI is InChI=1S/C13H12N4O/c1-10-2-4-11(5-3-10)7-15-13(18)17-9-12(6-14)8-16-17/h2-5,8-9H,7H2,1H3,(H,15,18). The first kappa shape index (κ1) is 11.9. The van der Waals surface area contributed by atoms with Crippen molar-refractivity contribution < 1.29 is 4.79 Å². The normalized spacial score (nSPS) is 9.78. The van der Waals surface area contributed by atoms with Gasteiger partial charge in [-0.15, -0.1) is 0 Å². The van der Waals surface area contributed by atoms with Crippen LogP contribution in [0.2, 0.25) is 0 Å². The van der Waals surface area contributed by atoms with Gasteiger partial charge >= 0.3 is 6.03 Å². The van der Waals surface area contributed by atoms with Crippen molar-refractivity contribution >= 4 is 6.03 Å². The van der Waals surface area contributed by atoms with Gasteiger partial charge in [-0.2, -0.15) is 15.0 Å². The van der Waals surface area contributed by atoms with Gasteiger partial charge in [0, 0.05) is 6.54 Å². The summed E-state index contributed by atoms with van der Waals surface area (Å²) >= 11 is 0. The van der Waals surface area contributed by atoms with E-state index in [1.54, 1.807) is 0 Å². The summed E-state index contributed by atoms with van der Waals surface area (Å²) in [5, 5.41) is 15.2. The Morgan fingerprint density at radius 3 is 2.78 bits per heavy atom. The van der Waals surface area contributed by atoms with Crippen molar-refractivity contribution in [3.8, 4) is 6.07 Å². The molecule has 0 aliphatic heterocycles. The number of amides is 1. The number of nitrogens with one attached hydrogen (secondary N) is 1. The van der Waals surface area contributed by atoms with Crippen LogP contribution in [-0.2, 0) is 6.54 Å². The zero-order chi connectivity index (χ0) is 13.0. The van der Waals surface area contributed by atoms with E-state index >= 15 is 0 Å². The molecule has 0 radical (unpaired) electrons. The smallest absolute Gasteiger partial charge is 0.332 e. The molecule has 1 N–H and O–H groups in total. The van der Waals surface area contributed by atoms with Gasteiger partial charge in [-0.3, -0.25) is 0 Å². The highest BCUT2D eigenvalue weighted by Gasteiger charge is 2.06. The van der Waals surface area contributed by atoms with Crippen LogP contribution < -0.4 is 5.32 Å². The molecule has 0 fully saturated rings. The molecule has 0 spiro atoms. The van der Waals surface area contributed by atoms with E-state index in [2.05, 4.69) is 10.4 Å². The lowest BCUT2D eigenvalue weighted by Gasteiger charge is -2.05. The van der Waals surface area contributed by atoms with Crippen molar-refractivity contribution in [2.24, 2.45) is 0 Å². The average molecular weight is 240 g/mol. The highest BCUT2D eigenvalue weighted by atomic mass is 16.2. The van der Waals surface area contributed by atoms with Gasteiger partial charge in [0.25, 0.3) is 0 Å². The average Bonchev–Trinajstić information content (AvgIpc) is 2.86. The minimum absolute atomic E-state index is 0.350. The van der Waals surface area contributed by atoms with Gasteiger partial charge in [0.1, 0.15) is 6.07 Å². The van der Waals surface area contributed by atoms with Crippen LogP contribution in [0.4, 0.5) is 4.79 Å². The first-order chi connectivity index (χ1) is 8.69. The fourth-order valence-electron chi connectivity index (χ4n) is 1.46. The Morgan fingerprint density at radius 1 is 1.44 bits per heavy atom. The number of aryl methyl sites for hydroxylation is 1. The predicted molar refractivity (Wildman–Crippen MR) is 65.8 cm³/mol. The van der Waals surface area contributed by atoms with E-state index in [0.717, 1.165) is 10.2 Å². The highest BCUT2D eigenvalue weighted by Crippen LogP contribution is 2.02. The number of carbonyl (C=O) groups is 1. The number of carbonyl (C=O) groups excluding carboxylic acids is 1. The van der Waals surface area contributed by atoms with Crippen LogP contribution in [0.25, 0.3) is 0 Å². The molecule has 2 aromatic rings. The first-order valence-corrected chi connectivity index (χ1v) is 5.47. The Labute approximate surface area is 105 Å². The summed E-state index contributed by atoms with van der Waals surface area (Å²) < 4.78 is 1.12. The van der Waals surface area contributed by atoms with Crippen LogP contribution in [-0.4, -0.2) is 15.8 Å². The molecule has 1 aromatic heterocycles. The molecule has 0 aliphatic carbocycles. The van der Waals surface area contributed by atoms with E-state index in [9.17, 15) is 4.79 Å². The SMILES string of the molecule is Cc1ccc(CNC(=O)n2cc(C#N)cn2)cc1. The Kier molecular flexibility index (Phi) is 3.39. The Bertz CT molecular complexity index is 592. The summed E-state index contributed by atoms with van der Waals surface area (Å²) in [6.45, 7) is 2.44. The Balaban J connectivity index is 1.96. The van der Waals surface area contributed by atoms with Gasteiger partial charge in [-0.25, -0.2) is 4.79 Å². The van der Waals surface area contributed by atoms with E-state index in [0.29, 0.717) is 12.1 Å². The van der Waals surface area contributed by atoms with Gasteiger partial charge in [-0.05, 0) is 12.5 Å². The minimum Gasteiger partial charge on any atom is -0.332 e. The predicted octanol–water partition coefficient (Wildman–Crippen LogP) is 1.82. The topological polar surface area (TPSA) is 70.7 Å². The molecule has 0 saturated carbocycles. The molecular weight excluding hydrogens is 228 g/mol. The molecular formula is C13H12N4O. The molecule has 5 nitrogen and oxygen atoms in total. The van der Waals surface area contributed by atoms with Gasteiger partial charge in [0.15, 0.2) is 0 Å². The van der Waals surface area contributed by atoms with Crippen LogP contribution in [0, 0.1) is 18.3 Å². The summed E-state index contributed by atoms with van der Waals surface area (Å²) in [6, 6.07) is 9.46. The van der Waals surface area contributed by atoms with Gasteiger partial charge in [0.05, 0.1) is 18.0 Å². The zero-order valence-electron chi connectivity index (χ0n) is 9.92. The largest absolute Gasteiger partial charge is 0.342 e. The Morgan fingerprint density at radius 2 is 2.17 bits per heavy atom. The molecule has 0 aliphatic rings. The van der Waals surface area contributed by atoms with E-state index < -0.39 is 0 Å². The molecule has 18 heavy (non-hydrogen) atoms. The van der Waals surface area contributed by atoms with E-state index in [1.807, 2.05) is 37.3 Å². The van der Waals surface area contributed by atoms with Crippen LogP contribution in [0.15, 0.2) is 36.7 Å². The quantitative estimate of drug-likeness (QED) is 0.870. The summed E-state index contributed by atoms with van der Waals surface area (Å²) in [7, 11) is 0. The molecule has 5 heteroatoms. The van der Waals surface area contributed by atoms with Crippen LogP contribution in [0.1, 0.15) is 16.7 Å². The summed E-state index contributed by atoms with van der Waals surface area (Å²) in [5.41, 5.74) is 2.55. The van der Waals surface area contributed by atoms with Crippen LogP contribution >= 0.6 is 0 Å². The maximum atomic E-state index is 11.7. The van der Waals surface area contributed by atoms with Gasteiger partial charge < -0.3 is 5.32 Å². The lowest BCUT2D eigenvalue weighted by atomic mass is 10.1. The lowest BCUT2D eigenvalue weighted by molar-refractivity contribution is 0.239. The van der Waals surface area contributed by atoms with Crippen molar-refractivity contribution in [3.63, 3.8) is 0 Å². The number of rotatable bonds is 2. The second-order valence-corrected chi connectivity index (χ2v) is 3.93. The van der Waals surface area contributed by atoms with Crippen LogP contribution in [0.3, 0.4) is 0 Å². The third-order valence-corrected chi connectivity index (χ3v) is 2.48. The second-order valence-electron chi connectivity index (χ2n) is 3.93. The number of nitrogens with zero attached hydrogens (tertiary/aromatic N) is 3. The van der Waals surface area contributed by atoms with E-state index in [1.165, 1.54) is 18.0 Å². The molecule has 1 heterocycles. The van der Waals surface area contributed by atoms with Crippen molar-refractivity contribution in [3.05, 3.63) is 53.3 Å². The molecule has 0 saturated heterocycles. The van der Waals surface area contributed by atoms with Crippen molar-refractivity contribution in [1.82, 2.24) is 15.1 Å². The molecule has 0 atom stereocenters. The summed E-state index contributed by atoms with van der Waals surface area (Å²) in [5.74, 6) is 0. The molecule has 1 amide bonds. The summed E-state index contributed by atoms with van der Waals surface area (Å²) in [6.07, 6.45) is 2.75. The zero-order valence-corrected chi connectivity index (χ0v) is 9.92. The first-order valence-electron chi connectivity index (χ1n) is 5.47. The van der Waals surface area contributed by atoms with Gasteiger partial charge in [-0.1, -0.05) is 29.8 Å². The number of aromatic nitrogens is 2. The number of hydrogen-bond acceptors (Lipinski definition) is 3. The molecule has 0 unspecified atom stereocenters. The van der Waals surface area contributed by atoms with Crippen molar-refractivity contribution in [2.45, 2.75) is 13.5 Å². The summed E-state index contributed by atoms with van der Waals surface area (Å²) in [4.78, 5) is 11.7. The fourth-order valence-corrected chi connectivity index (χ4v) is 1.46. The fraction of sp³-hybridized carbons (Fsp3) is 0.154. The monoisotopic (exact) mass is 240 g/mol. The maximum Gasteiger partial charge on any atom is 0.342 e. The number of benzene rings is 1. The molecule has 90 valence electrons. The highest BCUT2D eigenvalue weighted by molar-refractivity contribution is 5.75. The van der Waals surface area contributed by atoms with Crippen LogP contribution in [0.5, 0.6) is 0 Å². The van der Waals surface area contributed by atoms with E-state index in [-0.39, 0.29) is 6.03 Å². The molecule has 1 aromatic carbocycles. The van der Waals surface area contributed by atoms with Crippen molar-refractivity contribution in [2.75, 3.05) is 0 Å². The number of nitriles is 1. The Hall–Kier alpha value is -2.61. The number of hydrogen-bond donors (Lipinski definition) is 1. The lowest BCUT2D eigenvalue weighted by Crippen LogP contribution is -2.28. The molecule has 0 bridgehead atoms.